The number of hydrogen-bond donors (Lipinski definition) is 0. The fourth-order valence-electron chi connectivity index (χ4n) is 11.9. The molecule has 7 aromatic rings. The van der Waals surface area contributed by atoms with Crippen LogP contribution in [0.2, 0.25) is 0 Å². The number of anilines is 3. The molecule has 57 heavy (non-hydrogen) atoms. The van der Waals surface area contributed by atoms with Crippen molar-refractivity contribution in [1.29, 1.82) is 0 Å². The van der Waals surface area contributed by atoms with E-state index >= 15 is 0 Å². The third-order valence-corrected chi connectivity index (χ3v) is 14.7. The van der Waals surface area contributed by atoms with Crippen LogP contribution in [0.1, 0.15) is 106 Å². The fraction of sp³-hybridized carbons (Fsp3) is 0.286. The smallest absolute Gasteiger partial charge is 0.0543 e. The Morgan fingerprint density at radius 3 is 1.98 bits per heavy atom. The Hall–Kier alpha value is -5.40. The van der Waals surface area contributed by atoms with Crippen LogP contribution in [0, 0.1) is 11.8 Å². The minimum Gasteiger partial charge on any atom is -0.310 e. The zero-order valence-electron chi connectivity index (χ0n) is 33.6. The molecule has 282 valence electrons. The lowest BCUT2D eigenvalue weighted by molar-refractivity contribution is 0.420. The van der Waals surface area contributed by atoms with E-state index in [0.29, 0.717) is 11.8 Å². The first kappa shape index (κ1) is 34.8. The maximum absolute atomic E-state index is 2.59. The van der Waals surface area contributed by atoms with Crippen molar-refractivity contribution in [3.63, 3.8) is 0 Å². The van der Waals surface area contributed by atoms with Crippen LogP contribution in [0.4, 0.5) is 17.1 Å². The molecule has 0 heterocycles. The van der Waals surface area contributed by atoms with E-state index in [4.69, 9.17) is 0 Å². The third-order valence-electron chi connectivity index (χ3n) is 14.7. The average molecular weight is 740 g/mol. The van der Waals surface area contributed by atoms with E-state index in [9.17, 15) is 0 Å². The van der Waals surface area contributed by atoms with Gasteiger partial charge in [0.25, 0.3) is 0 Å². The predicted octanol–water partition coefficient (Wildman–Crippen LogP) is 15.9. The lowest BCUT2D eigenvalue weighted by atomic mass is 9.77. The molecule has 4 aliphatic carbocycles. The topological polar surface area (TPSA) is 3.24 Å². The Balaban J connectivity index is 1.15. The summed E-state index contributed by atoms with van der Waals surface area (Å²) in [7, 11) is 0. The maximum Gasteiger partial charge on any atom is 0.0543 e. The van der Waals surface area contributed by atoms with Crippen molar-refractivity contribution in [2.75, 3.05) is 4.90 Å². The normalized spacial score (nSPS) is 20.8. The van der Waals surface area contributed by atoms with Gasteiger partial charge in [0.2, 0.25) is 0 Å². The van der Waals surface area contributed by atoms with Crippen LogP contribution >= 0.6 is 0 Å². The lowest BCUT2D eigenvalue weighted by Gasteiger charge is -2.33. The Morgan fingerprint density at radius 2 is 1.21 bits per heavy atom. The first-order chi connectivity index (χ1) is 28.0. The van der Waals surface area contributed by atoms with Gasteiger partial charge in [-0.3, -0.25) is 0 Å². The van der Waals surface area contributed by atoms with E-state index in [0.717, 1.165) is 11.8 Å². The Labute approximate surface area is 339 Å². The van der Waals surface area contributed by atoms with Crippen molar-refractivity contribution in [1.82, 2.24) is 0 Å². The van der Waals surface area contributed by atoms with E-state index < -0.39 is 0 Å². The van der Waals surface area contributed by atoms with Crippen molar-refractivity contribution in [3.05, 3.63) is 174 Å². The van der Waals surface area contributed by atoms with Gasteiger partial charge in [-0.2, -0.15) is 0 Å². The monoisotopic (exact) mass is 739 g/mol. The molecule has 3 atom stereocenters. The fourth-order valence-corrected chi connectivity index (χ4v) is 11.9. The van der Waals surface area contributed by atoms with Gasteiger partial charge in [-0.25, -0.2) is 0 Å². The van der Waals surface area contributed by atoms with Gasteiger partial charge in [-0.15, -0.1) is 0 Å². The van der Waals surface area contributed by atoms with E-state index in [1.54, 1.807) is 0 Å². The van der Waals surface area contributed by atoms with Gasteiger partial charge in [0.05, 0.1) is 5.69 Å². The van der Waals surface area contributed by atoms with Gasteiger partial charge >= 0.3 is 0 Å². The minimum atomic E-state index is -0.198. The molecule has 3 fully saturated rings. The maximum atomic E-state index is 2.59. The molecule has 0 radical (unpaired) electrons. The highest BCUT2D eigenvalue weighted by Crippen LogP contribution is 2.58. The highest BCUT2D eigenvalue weighted by molar-refractivity contribution is 6.02. The third kappa shape index (κ3) is 5.88. The summed E-state index contributed by atoms with van der Waals surface area (Å²) in [6.07, 6.45) is 12.3. The zero-order chi connectivity index (χ0) is 38.1. The van der Waals surface area contributed by atoms with E-state index in [2.05, 4.69) is 170 Å². The molecular formula is C56H53N. The summed E-state index contributed by atoms with van der Waals surface area (Å²) in [4.78, 5) is 2.59. The van der Waals surface area contributed by atoms with Crippen molar-refractivity contribution in [2.45, 2.75) is 88.9 Å². The van der Waals surface area contributed by atoms with E-state index in [1.807, 2.05) is 0 Å². The van der Waals surface area contributed by atoms with E-state index in [-0.39, 0.29) is 5.41 Å². The van der Waals surface area contributed by atoms with Crippen LogP contribution in [0.3, 0.4) is 0 Å². The molecule has 2 bridgehead atoms. The summed E-state index contributed by atoms with van der Waals surface area (Å²) in [5, 5.41) is 2.64. The van der Waals surface area contributed by atoms with Crippen LogP contribution in [0.15, 0.2) is 152 Å². The molecule has 1 nitrogen and oxygen atoms in total. The van der Waals surface area contributed by atoms with Crippen LogP contribution in [0.5, 0.6) is 0 Å². The van der Waals surface area contributed by atoms with Crippen LogP contribution in [0.25, 0.3) is 44.2 Å². The summed E-state index contributed by atoms with van der Waals surface area (Å²) in [5.74, 6) is 3.16. The minimum absolute atomic E-state index is 0.198. The number of benzene rings is 7. The van der Waals surface area contributed by atoms with Gasteiger partial charge in [0, 0.05) is 22.4 Å². The van der Waals surface area contributed by atoms with Gasteiger partial charge < -0.3 is 4.90 Å². The first-order valence-corrected chi connectivity index (χ1v) is 21.9. The Kier molecular flexibility index (Phi) is 8.50. The second-order valence-electron chi connectivity index (χ2n) is 18.3. The summed E-state index contributed by atoms with van der Waals surface area (Å²) in [6.45, 7) is 4.88. The quantitative estimate of drug-likeness (QED) is 0.157. The molecule has 0 N–H and O–H groups in total. The van der Waals surface area contributed by atoms with Crippen molar-refractivity contribution < 1.29 is 0 Å². The Morgan fingerprint density at radius 1 is 0.509 bits per heavy atom. The number of fused-ring (bicyclic) bond motifs is 6. The van der Waals surface area contributed by atoms with Crippen LogP contribution in [-0.2, 0) is 5.41 Å². The van der Waals surface area contributed by atoms with Crippen molar-refractivity contribution >= 4 is 27.8 Å². The first-order valence-electron chi connectivity index (χ1n) is 21.9. The van der Waals surface area contributed by atoms with Crippen LogP contribution < -0.4 is 4.90 Å². The summed E-state index contributed by atoms with van der Waals surface area (Å²) >= 11 is 0. The zero-order valence-corrected chi connectivity index (χ0v) is 33.6. The van der Waals surface area contributed by atoms with Crippen molar-refractivity contribution in [2.24, 2.45) is 11.8 Å². The van der Waals surface area contributed by atoms with Crippen molar-refractivity contribution in [3.8, 4) is 33.4 Å². The second-order valence-corrected chi connectivity index (χ2v) is 18.3. The molecule has 0 amide bonds. The highest BCUT2D eigenvalue weighted by atomic mass is 15.1. The molecule has 3 unspecified atom stereocenters. The van der Waals surface area contributed by atoms with Gasteiger partial charge in [-0.05, 0) is 147 Å². The van der Waals surface area contributed by atoms with E-state index in [1.165, 1.54) is 141 Å². The number of nitrogens with zero attached hydrogens (tertiary/aromatic N) is 1. The standard InChI is InChI=1S/C56H53N/c1-56(2)52-20-12-11-18-48(52)50-31-32-53(54(55(50)56)49-19-10-9-17-47(49)40-15-7-4-8-16-40)57(45-28-26-41(27-29-45)51-34-37-21-22-43(51)33-37)46-30-25-39-23-24-42(35-44(39)36-46)38-13-5-3-6-14-38/h4,7-12,15-20,23-32,35-38,43,51H,3,5-6,13-14,21-22,33-34H2,1-2H3. The molecule has 0 aliphatic heterocycles. The molecule has 0 saturated heterocycles. The predicted molar refractivity (Wildman–Crippen MR) is 241 cm³/mol. The average Bonchev–Trinajstić information content (AvgIpc) is 3.97. The summed E-state index contributed by atoms with van der Waals surface area (Å²) in [5.41, 5.74) is 17.1. The molecular weight excluding hydrogens is 687 g/mol. The lowest BCUT2D eigenvalue weighted by Crippen LogP contribution is -2.19. The molecule has 1 heteroatoms. The molecule has 7 aromatic carbocycles. The number of rotatable bonds is 7. The van der Waals surface area contributed by atoms with Gasteiger partial charge in [0.15, 0.2) is 0 Å². The van der Waals surface area contributed by atoms with Gasteiger partial charge in [-0.1, -0.05) is 161 Å². The summed E-state index contributed by atoms with van der Waals surface area (Å²) in [6, 6.07) is 58.4. The molecule has 0 aromatic heterocycles. The SMILES string of the molecule is CC1(C)c2ccccc2-c2ccc(N(c3ccc(C4CC5CCC4C5)cc3)c3ccc4ccc(C5CCCCC5)cc4c3)c(-c3ccccc3-c3ccccc3)c21. The highest BCUT2D eigenvalue weighted by Gasteiger charge is 2.41. The number of hydrogen-bond acceptors (Lipinski definition) is 1. The second kappa shape index (κ2) is 13.9. The molecule has 3 saturated carbocycles. The summed E-state index contributed by atoms with van der Waals surface area (Å²) < 4.78 is 0. The Bertz CT molecular complexity index is 2610. The molecule has 11 rings (SSSR count). The molecule has 0 spiro atoms. The largest absolute Gasteiger partial charge is 0.310 e. The van der Waals surface area contributed by atoms with Gasteiger partial charge in [0.1, 0.15) is 0 Å². The van der Waals surface area contributed by atoms with Crippen LogP contribution in [-0.4, -0.2) is 0 Å². The molecule has 4 aliphatic rings.